The van der Waals surface area contributed by atoms with Crippen molar-refractivity contribution in [3.63, 3.8) is 0 Å². The van der Waals surface area contributed by atoms with Gasteiger partial charge in [-0.1, -0.05) is 30.3 Å². The fourth-order valence-electron chi connectivity index (χ4n) is 1.87. The average molecular weight is 321 g/mol. The van der Waals surface area contributed by atoms with Gasteiger partial charge in [0.05, 0.1) is 7.11 Å². The lowest BCUT2D eigenvalue weighted by molar-refractivity contribution is -0.115. The van der Waals surface area contributed by atoms with Gasteiger partial charge >= 0.3 is 6.03 Å². The fraction of sp³-hybridized carbons (Fsp3) is 0.0556. The van der Waals surface area contributed by atoms with Crippen molar-refractivity contribution in [2.75, 3.05) is 12.4 Å². The van der Waals surface area contributed by atoms with Crippen molar-refractivity contribution in [1.29, 1.82) is 5.26 Å². The van der Waals surface area contributed by atoms with Crippen LogP contribution in [0.2, 0.25) is 0 Å². The van der Waals surface area contributed by atoms with Crippen LogP contribution in [0.25, 0.3) is 6.08 Å². The highest BCUT2D eigenvalue weighted by molar-refractivity contribution is 6.11. The monoisotopic (exact) mass is 321 g/mol. The largest absolute Gasteiger partial charge is 0.497 e. The third-order valence-electron chi connectivity index (χ3n) is 3.05. The number of para-hydroxylation sites is 1. The summed E-state index contributed by atoms with van der Waals surface area (Å²) in [6, 6.07) is 16.6. The average Bonchev–Trinajstić information content (AvgIpc) is 2.60. The molecule has 0 bridgehead atoms. The van der Waals surface area contributed by atoms with Gasteiger partial charge in [-0.3, -0.25) is 10.1 Å². The second-order valence-electron chi connectivity index (χ2n) is 4.72. The van der Waals surface area contributed by atoms with Gasteiger partial charge in [-0.15, -0.1) is 0 Å². The molecule has 0 aromatic heterocycles. The summed E-state index contributed by atoms with van der Waals surface area (Å²) in [5.41, 5.74) is 1.01. The number of carbonyl (C=O) groups excluding carboxylic acids is 2. The number of imide groups is 1. The lowest BCUT2D eigenvalue weighted by atomic mass is 10.1. The normalized spacial score (nSPS) is 10.4. The van der Waals surface area contributed by atoms with E-state index in [2.05, 4.69) is 10.6 Å². The van der Waals surface area contributed by atoms with Crippen LogP contribution in [-0.2, 0) is 4.79 Å². The molecule has 0 spiro atoms. The Morgan fingerprint density at radius 3 is 2.33 bits per heavy atom. The van der Waals surface area contributed by atoms with E-state index in [1.54, 1.807) is 67.8 Å². The second kappa shape index (κ2) is 8.15. The van der Waals surface area contributed by atoms with E-state index in [-0.39, 0.29) is 5.57 Å². The van der Waals surface area contributed by atoms with Gasteiger partial charge in [-0.25, -0.2) is 4.79 Å². The molecule has 6 heteroatoms. The minimum absolute atomic E-state index is 0.177. The Morgan fingerprint density at radius 2 is 1.75 bits per heavy atom. The van der Waals surface area contributed by atoms with Crippen molar-refractivity contribution < 1.29 is 14.3 Å². The first-order valence-corrected chi connectivity index (χ1v) is 7.05. The molecule has 24 heavy (non-hydrogen) atoms. The second-order valence-corrected chi connectivity index (χ2v) is 4.72. The summed E-state index contributed by atoms with van der Waals surface area (Å²) in [6.07, 6.45) is 1.39. The van der Waals surface area contributed by atoms with Crippen LogP contribution in [0.15, 0.2) is 60.2 Å². The minimum atomic E-state index is -0.776. The van der Waals surface area contributed by atoms with Crippen LogP contribution in [0, 0.1) is 11.3 Å². The molecule has 0 aliphatic rings. The molecule has 0 saturated heterocycles. The quantitative estimate of drug-likeness (QED) is 0.669. The molecular formula is C18H15N3O3. The molecular weight excluding hydrogens is 306 g/mol. The van der Waals surface area contributed by atoms with E-state index in [1.807, 2.05) is 0 Å². The molecule has 0 atom stereocenters. The smallest absolute Gasteiger partial charge is 0.326 e. The van der Waals surface area contributed by atoms with E-state index in [0.717, 1.165) is 0 Å². The van der Waals surface area contributed by atoms with Gasteiger partial charge < -0.3 is 10.1 Å². The predicted molar refractivity (Wildman–Crippen MR) is 90.2 cm³/mol. The highest BCUT2D eigenvalue weighted by Crippen LogP contribution is 2.14. The topological polar surface area (TPSA) is 91.2 Å². The van der Waals surface area contributed by atoms with Crippen LogP contribution in [0.5, 0.6) is 5.75 Å². The Morgan fingerprint density at radius 1 is 1.08 bits per heavy atom. The van der Waals surface area contributed by atoms with Crippen molar-refractivity contribution in [3.8, 4) is 11.8 Å². The molecule has 2 N–H and O–H groups in total. The number of amides is 3. The Hall–Kier alpha value is -3.59. The molecule has 2 aromatic carbocycles. The summed E-state index contributed by atoms with van der Waals surface area (Å²) in [7, 11) is 1.55. The van der Waals surface area contributed by atoms with E-state index in [4.69, 9.17) is 10.00 Å². The van der Waals surface area contributed by atoms with Gasteiger partial charge in [-0.2, -0.15) is 5.26 Å². The number of nitrogens with one attached hydrogen (secondary N) is 2. The van der Waals surface area contributed by atoms with E-state index in [0.29, 0.717) is 17.0 Å². The molecule has 6 nitrogen and oxygen atoms in total. The van der Waals surface area contributed by atoms with Gasteiger partial charge in [-0.05, 0) is 35.9 Å². The Bertz CT molecular complexity index is 791. The standard InChI is InChI=1S/C18H15N3O3/c1-24-16-9-7-13(8-10-16)11-14(12-19)17(22)21-18(23)20-15-5-3-2-4-6-15/h2-11H,1H3,(H2,20,21,22,23)/b14-11-. The highest BCUT2D eigenvalue weighted by Gasteiger charge is 2.13. The van der Waals surface area contributed by atoms with Crippen molar-refractivity contribution >= 4 is 23.7 Å². The summed E-state index contributed by atoms with van der Waals surface area (Å²) in [4.78, 5) is 23.8. The number of carbonyl (C=O) groups is 2. The number of methoxy groups -OCH3 is 1. The van der Waals surface area contributed by atoms with Crippen LogP contribution in [-0.4, -0.2) is 19.0 Å². The van der Waals surface area contributed by atoms with Crippen molar-refractivity contribution in [2.45, 2.75) is 0 Å². The molecule has 0 radical (unpaired) electrons. The Balaban J connectivity index is 2.04. The molecule has 3 amide bonds. The number of hydrogen-bond acceptors (Lipinski definition) is 4. The lowest BCUT2D eigenvalue weighted by Crippen LogP contribution is -2.35. The molecule has 120 valence electrons. The van der Waals surface area contributed by atoms with Crippen LogP contribution in [0.4, 0.5) is 10.5 Å². The summed E-state index contributed by atoms with van der Waals surface area (Å²) < 4.78 is 5.04. The zero-order valence-corrected chi connectivity index (χ0v) is 12.9. The number of nitrogens with zero attached hydrogens (tertiary/aromatic N) is 1. The summed E-state index contributed by atoms with van der Waals surface area (Å²) >= 11 is 0. The predicted octanol–water partition coefficient (Wildman–Crippen LogP) is 2.95. The number of urea groups is 1. The van der Waals surface area contributed by atoms with Gasteiger partial charge in [0.15, 0.2) is 0 Å². The third kappa shape index (κ3) is 4.71. The van der Waals surface area contributed by atoms with Crippen LogP contribution in [0.3, 0.4) is 0 Å². The highest BCUT2D eigenvalue weighted by atomic mass is 16.5. The van der Waals surface area contributed by atoms with E-state index in [9.17, 15) is 9.59 Å². The molecule has 0 aliphatic carbocycles. The number of nitriles is 1. The fourth-order valence-corrected chi connectivity index (χ4v) is 1.87. The number of hydrogen-bond donors (Lipinski definition) is 2. The van der Waals surface area contributed by atoms with E-state index < -0.39 is 11.9 Å². The number of benzene rings is 2. The van der Waals surface area contributed by atoms with Crippen molar-refractivity contribution in [1.82, 2.24) is 5.32 Å². The van der Waals surface area contributed by atoms with Gasteiger partial charge in [0.25, 0.3) is 5.91 Å². The zero-order chi connectivity index (χ0) is 17.4. The Kier molecular flexibility index (Phi) is 5.70. The zero-order valence-electron chi connectivity index (χ0n) is 12.9. The third-order valence-corrected chi connectivity index (χ3v) is 3.05. The first-order valence-electron chi connectivity index (χ1n) is 7.05. The summed E-state index contributed by atoms with van der Waals surface area (Å²) in [6.45, 7) is 0. The van der Waals surface area contributed by atoms with Crippen LogP contribution >= 0.6 is 0 Å². The molecule has 0 heterocycles. The number of anilines is 1. The lowest BCUT2D eigenvalue weighted by Gasteiger charge is -2.06. The maximum atomic E-state index is 12.0. The van der Waals surface area contributed by atoms with E-state index in [1.165, 1.54) is 6.08 Å². The SMILES string of the molecule is COc1ccc(/C=C(/C#N)C(=O)NC(=O)Nc2ccccc2)cc1. The first kappa shape index (κ1) is 16.8. The van der Waals surface area contributed by atoms with Crippen LogP contribution in [0.1, 0.15) is 5.56 Å². The Labute approximate surface area is 139 Å². The van der Waals surface area contributed by atoms with Gasteiger partial charge in [0.1, 0.15) is 17.4 Å². The van der Waals surface area contributed by atoms with Crippen molar-refractivity contribution in [3.05, 3.63) is 65.7 Å². The van der Waals surface area contributed by atoms with Gasteiger partial charge in [0, 0.05) is 5.69 Å². The molecule has 0 saturated carbocycles. The first-order chi connectivity index (χ1) is 11.6. The minimum Gasteiger partial charge on any atom is -0.497 e. The number of ether oxygens (including phenoxy) is 1. The van der Waals surface area contributed by atoms with Gasteiger partial charge in [0.2, 0.25) is 0 Å². The van der Waals surface area contributed by atoms with Crippen molar-refractivity contribution in [2.24, 2.45) is 0 Å². The summed E-state index contributed by atoms with van der Waals surface area (Å²) in [5, 5.41) is 13.8. The maximum absolute atomic E-state index is 12.0. The van der Waals surface area contributed by atoms with E-state index >= 15 is 0 Å². The van der Waals surface area contributed by atoms with Crippen LogP contribution < -0.4 is 15.4 Å². The molecule has 2 aromatic rings. The molecule has 0 aliphatic heterocycles. The number of rotatable bonds is 4. The molecule has 0 unspecified atom stereocenters. The molecule has 2 rings (SSSR count). The summed E-state index contributed by atoms with van der Waals surface area (Å²) in [5.74, 6) is -0.112. The molecule has 0 fully saturated rings. The maximum Gasteiger partial charge on any atom is 0.326 e.